The molecule has 1 fully saturated rings. The average Bonchev–Trinajstić information content (AvgIpc) is 2.38. The minimum absolute atomic E-state index is 0.0327. The van der Waals surface area contributed by atoms with Gasteiger partial charge in [0.15, 0.2) is 0 Å². The van der Waals surface area contributed by atoms with Crippen molar-refractivity contribution in [2.75, 3.05) is 13.1 Å². The third-order valence-electron chi connectivity index (χ3n) is 4.09. The molecule has 0 bridgehead atoms. The number of likely N-dealkylation sites (tertiary alicyclic amines) is 1. The zero-order valence-electron chi connectivity index (χ0n) is 12.0. The summed E-state index contributed by atoms with van der Waals surface area (Å²) in [6, 6.07) is 2.07. The third kappa shape index (κ3) is 3.46. The monoisotopic (exact) mass is 251 g/mol. The molecule has 1 aliphatic rings. The second kappa shape index (κ2) is 6.19. The van der Waals surface area contributed by atoms with Gasteiger partial charge >= 0.3 is 0 Å². The fourth-order valence-electron chi connectivity index (χ4n) is 2.13. The Kier molecular flexibility index (Phi) is 5.15. The van der Waals surface area contributed by atoms with Crippen LogP contribution in [-0.4, -0.2) is 35.5 Å². The number of carbonyl (C=O) groups is 1. The predicted octanol–water partition coefficient (Wildman–Crippen LogP) is 1.92. The Labute approximate surface area is 110 Å². The highest BCUT2D eigenvalue weighted by molar-refractivity contribution is 5.82. The number of hydrogen-bond acceptors (Lipinski definition) is 3. The highest BCUT2D eigenvalue weighted by Crippen LogP contribution is 2.17. The van der Waals surface area contributed by atoms with Gasteiger partial charge in [0.05, 0.1) is 12.1 Å². The van der Waals surface area contributed by atoms with Crippen molar-refractivity contribution in [3.63, 3.8) is 0 Å². The number of amides is 1. The molecule has 2 atom stereocenters. The van der Waals surface area contributed by atoms with Gasteiger partial charge in [0.1, 0.15) is 5.54 Å². The Morgan fingerprint density at radius 2 is 1.83 bits per heavy atom. The maximum absolute atomic E-state index is 12.2. The van der Waals surface area contributed by atoms with Crippen molar-refractivity contribution in [3.05, 3.63) is 0 Å². The average molecular weight is 251 g/mol. The van der Waals surface area contributed by atoms with Gasteiger partial charge in [-0.3, -0.25) is 9.69 Å². The van der Waals surface area contributed by atoms with Gasteiger partial charge < -0.3 is 5.32 Å². The van der Waals surface area contributed by atoms with Crippen LogP contribution in [0.15, 0.2) is 0 Å². The Hall–Kier alpha value is -1.08. The number of carbonyl (C=O) groups excluding carboxylic acids is 1. The van der Waals surface area contributed by atoms with E-state index in [-0.39, 0.29) is 17.9 Å². The first-order chi connectivity index (χ1) is 8.40. The van der Waals surface area contributed by atoms with Gasteiger partial charge in [0, 0.05) is 0 Å². The van der Waals surface area contributed by atoms with Crippen LogP contribution < -0.4 is 5.32 Å². The van der Waals surface area contributed by atoms with Crippen LogP contribution in [-0.2, 0) is 4.79 Å². The van der Waals surface area contributed by atoms with Crippen molar-refractivity contribution in [2.45, 2.75) is 58.5 Å². The molecular weight excluding hydrogens is 226 g/mol. The molecule has 1 N–H and O–H groups in total. The summed E-state index contributed by atoms with van der Waals surface area (Å²) in [4.78, 5) is 14.4. The molecule has 1 heterocycles. The fourth-order valence-corrected chi connectivity index (χ4v) is 2.13. The molecule has 0 unspecified atom stereocenters. The Morgan fingerprint density at radius 3 is 2.28 bits per heavy atom. The molecule has 0 radical (unpaired) electrons. The van der Waals surface area contributed by atoms with E-state index in [9.17, 15) is 10.1 Å². The van der Waals surface area contributed by atoms with Gasteiger partial charge in [0.25, 0.3) is 0 Å². The van der Waals surface area contributed by atoms with Crippen molar-refractivity contribution in [3.8, 4) is 6.07 Å². The minimum Gasteiger partial charge on any atom is -0.336 e. The van der Waals surface area contributed by atoms with Crippen molar-refractivity contribution < 1.29 is 4.79 Å². The molecule has 0 aromatic rings. The minimum atomic E-state index is -0.777. The van der Waals surface area contributed by atoms with Gasteiger partial charge in [-0.1, -0.05) is 20.3 Å². The smallest absolute Gasteiger partial charge is 0.238 e. The van der Waals surface area contributed by atoms with E-state index in [1.807, 2.05) is 20.8 Å². The van der Waals surface area contributed by atoms with E-state index >= 15 is 0 Å². The van der Waals surface area contributed by atoms with Crippen LogP contribution in [0.4, 0.5) is 0 Å². The molecule has 4 heteroatoms. The lowest BCUT2D eigenvalue weighted by Gasteiger charge is -2.34. The van der Waals surface area contributed by atoms with Crippen LogP contribution >= 0.6 is 0 Å². The SMILES string of the molecule is CC(C)[C@@](C)(C#N)NC(=O)[C@@H](C)N1CCCCC1. The van der Waals surface area contributed by atoms with Crippen LogP contribution in [0.25, 0.3) is 0 Å². The molecule has 1 aliphatic heterocycles. The van der Waals surface area contributed by atoms with Crippen molar-refractivity contribution in [1.29, 1.82) is 5.26 Å². The summed E-state index contributed by atoms with van der Waals surface area (Å²) in [5.41, 5.74) is -0.777. The summed E-state index contributed by atoms with van der Waals surface area (Å²) in [7, 11) is 0. The molecule has 1 rings (SSSR count). The summed E-state index contributed by atoms with van der Waals surface area (Å²) < 4.78 is 0. The first-order valence-corrected chi connectivity index (χ1v) is 6.88. The zero-order valence-corrected chi connectivity index (χ0v) is 12.0. The molecule has 102 valence electrons. The second-order valence-electron chi connectivity index (χ2n) is 5.73. The molecular formula is C14H25N3O. The Morgan fingerprint density at radius 1 is 1.28 bits per heavy atom. The third-order valence-corrected chi connectivity index (χ3v) is 4.09. The van der Waals surface area contributed by atoms with Crippen LogP contribution in [0.5, 0.6) is 0 Å². The Bertz CT molecular complexity index is 328. The van der Waals surface area contributed by atoms with E-state index in [0.717, 1.165) is 25.9 Å². The first kappa shape index (κ1) is 15.0. The first-order valence-electron chi connectivity index (χ1n) is 6.88. The maximum Gasteiger partial charge on any atom is 0.238 e. The molecule has 1 saturated heterocycles. The predicted molar refractivity (Wildman–Crippen MR) is 71.9 cm³/mol. The van der Waals surface area contributed by atoms with E-state index in [2.05, 4.69) is 16.3 Å². The van der Waals surface area contributed by atoms with Crippen molar-refractivity contribution in [1.82, 2.24) is 10.2 Å². The van der Waals surface area contributed by atoms with E-state index in [1.165, 1.54) is 6.42 Å². The molecule has 0 aromatic heterocycles. The van der Waals surface area contributed by atoms with Gasteiger partial charge in [-0.2, -0.15) is 5.26 Å². The fraction of sp³-hybridized carbons (Fsp3) is 0.857. The van der Waals surface area contributed by atoms with Gasteiger partial charge in [-0.15, -0.1) is 0 Å². The lowest BCUT2D eigenvalue weighted by atomic mass is 9.89. The Balaban J connectivity index is 2.61. The molecule has 0 aliphatic carbocycles. The molecule has 1 amide bonds. The van der Waals surface area contributed by atoms with E-state index in [4.69, 9.17) is 0 Å². The lowest BCUT2D eigenvalue weighted by molar-refractivity contribution is -0.127. The molecule has 0 saturated carbocycles. The summed E-state index contributed by atoms with van der Waals surface area (Å²) in [6.45, 7) is 9.60. The van der Waals surface area contributed by atoms with E-state index < -0.39 is 5.54 Å². The number of rotatable bonds is 4. The molecule has 0 aromatic carbocycles. The quantitative estimate of drug-likeness (QED) is 0.830. The van der Waals surface area contributed by atoms with Crippen molar-refractivity contribution in [2.24, 2.45) is 5.92 Å². The van der Waals surface area contributed by atoms with E-state index in [0.29, 0.717) is 0 Å². The van der Waals surface area contributed by atoms with Crippen molar-refractivity contribution >= 4 is 5.91 Å². The van der Waals surface area contributed by atoms with Crippen LogP contribution in [0.2, 0.25) is 0 Å². The largest absolute Gasteiger partial charge is 0.336 e. The summed E-state index contributed by atoms with van der Waals surface area (Å²) in [6.07, 6.45) is 3.58. The van der Waals surface area contributed by atoms with Crippen LogP contribution in [0, 0.1) is 17.2 Å². The van der Waals surface area contributed by atoms with Crippen LogP contribution in [0.1, 0.15) is 47.0 Å². The normalized spacial score (nSPS) is 22.0. The molecule has 4 nitrogen and oxygen atoms in total. The zero-order chi connectivity index (χ0) is 13.8. The number of nitriles is 1. The lowest BCUT2D eigenvalue weighted by Crippen LogP contribution is -2.55. The molecule has 0 spiro atoms. The summed E-state index contributed by atoms with van der Waals surface area (Å²) in [5.74, 6) is 0.0645. The number of nitrogens with zero attached hydrogens (tertiary/aromatic N) is 2. The standard InChI is InChI=1S/C14H25N3O/c1-11(2)14(4,10-15)16-13(18)12(3)17-8-6-5-7-9-17/h11-12H,5-9H2,1-4H3,(H,16,18)/t12-,14-/m1/s1. The van der Waals surface area contributed by atoms with Gasteiger partial charge in [-0.25, -0.2) is 0 Å². The highest BCUT2D eigenvalue weighted by Gasteiger charge is 2.33. The topological polar surface area (TPSA) is 56.1 Å². The number of piperidine rings is 1. The summed E-state index contributed by atoms with van der Waals surface area (Å²) >= 11 is 0. The second-order valence-corrected chi connectivity index (χ2v) is 5.73. The maximum atomic E-state index is 12.2. The van der Waals surface area contributed by atoms with E-state index in [1.54, 1.807) is 6.92 Å². The number of hydrogen-bond donors (Lipinski definition) is 1. The highest BCUT2D eigenvalue weighted by atomic mass is 16.2. The van der Waals surface area contributed by atoms with Crippen LogP contribution in [0.3, 0.4) is 0 Å². The van der Waals surface area contributed by atoms with Gasteiger partial charge in [0.2, 0.25) is 5.91 Å². The summed E-state index contributed by atoms with van der Waals surface area (Å²) in [5, 5.41) is 12.1. The molecule has 18 heavy (non-hydrogen) atoms. The number of nitrogens with one attached hydrogen (secondary N) is 1. The van der Waals surface area contributed by atoms with Gasteiger partial charge in [-0.05, 0) is 45.7 Å².